The molecule has 6 nitrogen and oxygen atoms in total. The van der Waals surface area contributed by atoms with E-state index < -0.39 is 0 Å². The number of hydrogen-bond acceptors (Lipinski definition) is 4. The number of rotatable bonds is 4. The summed E-state index contributed by atoms with van der Waals surface area (Å²) in [7, 11) is 0. The fraction of sp³-hybridized carbons (Fsp3) is 0.786. The van der Waals surface area contributed by atoms with Crippen molar-refractivity contribution in [1.82, 2.24) is 9.80 Å². The molecule has 0 aliphatic carbocycles. The monoisotopic (exact) mass is 282 g/mol. The van der Waals surface area contributed by atoms with Crippen molar-refractivity contribution >= 4 is 17.8 Å². The average molecular weight is 282 g/mol. The van der Waals surface area contributed by atoms with Gasteiger partial charge in [-0.05, 0) is 26.2 Å². The summed E-state index contributed by atoms with van der Waals surface area (Å²) < 4.78 is 5.02. The number of amides is 2. The summed E-state index contributed by atoms with van der Waals surface area (Å²) >= 11 is 0. The zero-order chi connectivity index (χ0) is 14.5. The van der Waals surface area contributed by atoms with Crippen molar-refractivity contribution < 1.29 is 19.1 Å². The van der Waals surface area contributed by atoms with E-state index >= 15 is 0 Å². The van der Waals surface area contributed by atoms with Crippen LogP contribution in [0.15, 0.2) is 0 Å². The second-order valence-electron chi connectivity index (χ2n) is 5.35. The van der Waals surface area contributed by atoms with Crippen LogP contribution in [0.1, 0.15) is 32.6 Å². The Kier molecular flexibility index (Phi) is 4.98. The summed E-state index contributed by atoms with van der Waals surface area (Å²) in [5, 5.41) is 0. The Morgan fingerprint density at radius 2 is 2.10 bits per heavy atom. The summed E-state index contributed by atoms with van der Waals surface area (Å²) in [4.78, 5) is 38.8. The maximum absolute atomic E-state index is 12.2. The Morgan fingerprint density at radius 1 is 1.30 bits per heavy atom. The molecule has 20 heavy (non-hydrogen) atoms. The van der Waals surface area contributed by atoms with Crippen molar-refractivity contribution in [3.8, 4) is 0 Å². The van der Waals surface area contributed by atoms with Crippen LogP contribution in [-0.4, -0.2) is 60.4 Å². The summed E-state index contributed by atoms with van der Waals surface area (Å²) in [6.45, 7) is 4.04. The standard InChI is InChI=1S/C14H22N2O4/c1-2-20-14(19)11-5-3-7-15(9-11)13(18)10-16-8-4-6-12(16)17/h11H,2-10H2,1H3. The molecule has 1 atom stereocenters. The Balaban J connectivity index is 1.86. The molecule has 0 saturated carbocycles. The molecule has 0 N–H and O–H groups in total. The first-order valence-corrected chi connectivity index (χ1v) is 7.34. The minimum absolute atomic E-state index is 0.0531. The zero-order valence-corrected chi connectivity index (χ0v) is 12.0. The van der Waals surface area contributed by atoms with Gasteiger partial charge in [-0.15, -0.1) is 0 Å². The van der Waals surface area contributed by atoms with Crippen LogP contribution >= 0.6 is 0 Å². The molecule has 2 aliphatic rings. The number of likely N-dealkylation sites (tertiary alicyclic amines) is 2. The summed E-state index contributed by atoms with van der Waals surface area (Å²) in [6.07, 6.45) is 2.95. The van der Waals surface area contributed by atoms with E-state index in [4.69, 9.17) is 4.74 Å². The first kappa shape index (κ1) is 14.8. The number of nitrogens with zero attached hydrogens (tertiary/aromatic N) is 2. The van der Waals surface area contributed by atoms with Gasteiger partial charge in [0.25, 0.3) is 0 Å². The normalized spacial score (nSPS) is 23.1. The number of carbonyl (C=O) groups is 3. The van der Waals surface area contributed by atoms with Crippen molar-refractivity contribution in [2.24, 2.45) is 5.92 Å². The van der Waals surface area contributed by atoms with Crippen LogP contribution < -0.4 is 0 Å². The maximum Gasteiger partial charge on any atom is 0.310 e. The number of carbonyl (C=O) groups excluding carboxylic acids is 3. The van der Waals surface area contributed by atoms with Crippen LogP contribution in [0.4, 0.5) is 0 Å². The van der Waals surface area contributed by atoms with Crippen molar-refractivity contribution in [1.29, 1.82) is 0 Å². The number of hydrogen-bond donors (Lipinski definition) is 0. The molecule has 1 unspecified atom stereocenters. The van der Waals surface area contributed by atoms with Gasteiger partial charge in [-0.1, -0.05) is 0 Å². The highest BCUT2D eigenvalue weighted by atomic mass is 16.5. The van der Waals surface area contributed by atoms with Gasteiger partial charge in [0, 0.05) is 26.1 Å². The highest BCUT2D eigenvalue weighted by Gasteiger charge is 2.31. The molecule has 0 aromatic rings. The van der Waals surface area contributed by atoms with E-state index in [1.807, 2.05) is 0 Å². The van der Waals surface area contributed by atoms with E-state index in [0.29, 0.717) is 32.7 Å². The van der Waals surface area contributed by atoms with E-state index in [-0.39, 0.29) is 30.2 Å². The van der Waals surface area contributed by atoms with E-state index in [0.717, 1.165) is 19.3 Å². The van der Waals surface area contributed by atoms with Gasteiger partial charge in [0.15, 0.2) is 0 Å². The molecule has 112 valence electrons. The maximum atomic E-state index is 12.2. The Hall–Kier alpha value is -1.59. The van der Waals surface area contributed by atoms with Crippen molar-refractivity contribution in [2.45, 2.75) is 32.6 Å². The van der Waals surface area contributed by atoms with Crippen LogP contribution in [0.3, 0.4) is 0 Å². The molecule has 0 aromatic heterocycles. The van der Waals surface area contributed by atoms with E-state index in [2.05, 4.69) is 0 Å². The smallest absolute Gasteiger partial charge is 0.310 e. The lowest BCUT2D eigenvalue weighted by molar-refractivity contribution is -0.152. The molecular weight excluding hydrogens is 260 g/mol. The van der Waals surface area contributed by atoms with Crippen molar-refractivity contribution in [2.75, 3.05) is 32.8 Å². The zero-order valence-electron chi connectivity index (χ0n) is 12.0. The summed E-state index contributed by atoms with van der Waals surface area (Å²) in [6, 6.07) is 0. The molecule has 2 fully saturated rings. The molecule has 2 amide bonds. The molecule has 6 heteroatoms. The lowest BCUT2D eigenvalue weighted by Crippen LogP contribution is -2.47. The van der Waals surface area contributed by atoms with Gasteiger partial charge in [-0.3, -0.25) is 14.4 Å². The molecular formula is C14H22N2O4. The van der Waals surface area contributed by atoms with Crippen LogP contribution in [0.5, 0.6) is 0 Å². The van der Waals surface area contributed by atoms with E-state index in [1.54, 1.807) is 16.7 Å². The van der Waals surface area contributed by atoms with Crippen molar-refractivity contribution in [3.05, 3.63) is 0 Å². The fourth-order valence-corrected chi connectivity index (χ4v) is 2.79. The van der Waals surface area contributed by atoms with Gasteiger partial charge in [0.1, 0.15) is 0 Å². The van der Waals surface area contributed by atoms with E-state index in [9.17, 15) is 14.4 Å². The molecule has 0 aromatic carbocycles. The van der Waals surface area contributed by atoms with Crippen LogP contribution in [0, 0.1) is 5.92 Å². The van der Waals surface area contributed by atoms with Crippen molar-refractivity contribution in [3.63, 3.8) is 0 Å². The third kappa shape index (κ3) is 3.49. The van der Waals surface area contributed by atoms with Crippen LogP contribution in [-0.2, 0) is 19.1 Å². The third-order valence-corrected chi connectivity index (χ3v) is 3.89. The predicted molar refractivity (Wildman–Crippen MR) is 71.8 cm³/mol. The Labute approximate surface area is 119 Å². The molecule has 0 spiro atoms. The number of piperidine rings is 1. The highest BCUT2D eigenvalue weighted by molar-refractivity contribution is 5.86. The fourth-order valence-electron chi connectivity index (χ4n) is 2.79. The Bertz CT molecular complexity index is 397. The summed E-state index contributed by atoms with van der Waals surface area (Å²) in [5.41, 5.74) is 0. The van der Waals surface area contributed by atoms with Gasteiger partial charge < -0.3 is 14.5 Å². The van der Waals surface area contributed by atoms with E-state index in [1.165, 1.54) is 0 Å². The van der Waals surface area contributed by atoms with Gasteiger partial charge in [0.05, 0.1) is 19.1 Å². The quantitative estimate of drug-likeness (QED) is 0.701. The largest absolute Gasteiger partial charge is 0.466 e. The van der Waals surface area contributed by atoms with Crippen LogP contribution in [0.25, 0.3) is 0 Å². The minimum Gasteiger partial charge on any atom is -0.466 e. The second kappa shape index (κ2) is 6.72. The first-order valence-electron chi connectivity index (χ1n) is 7.34. The van der Waals surface area contributed by atoms with Crippen LogP contribution in [0.2, 0.25) is 0 Å². The van der Waals surface area contributed by atoms with Gasteiger partial charge in [-0.2, -0.15) is 0 Å². The average Bonchev–Trinajstić information content (AvgIpc) is 2.85. The third-order valence-electron chi connectivity index (χ3n) is 3.89. The van der Waals surface area contributed by atoms with Gasteiger partial charge in [-0.25, -0.2) is 0 Å². The molecule has 0 bridgehead atoms. The Morgan fingerprint density at radius 3 is 2.75 bits per heavy atom. The number of esters is 1. The second-order valence-corrected chi connectivity index (χ2v) is 5.35. The highest BCUT2D eigenvalue weighted by Crippen LogP contribution is 2.19. The molecule has 0 radical (unpaired) electrons. The lowest BCUT2D eigenvalue weighted by atomic mass is 9.98. The minimum atomic E-state index is -0.220. The summed E-state index contributed by atoms with van der Waals surface area (Å²) in [5.74, 6) is -0.448. The molecule has 2 rings (SSSR count). The topological polar surface area (TPSA) is 66.9 Å². The first-order chi connectivity index (χ1) is 9.61. The molecule has 2 heterocycles. The number of ether oxygens (including phenoxy) is 1. The van der Waals surface area contributed by atoms with Gasteiger partial charge >= 0.3 is 5.97 Å². The van der Waals surface area contributed by atoms with Gasteiger partial charge in [0.2, 0.25) is 11.8 Å². The molecule has 2 saturated heterocycles. The molecule has 2 aliphatic heterocycles. The predicted octanol–water partition coefficient (Wildman–Crippen LogP) is 0.410. The SMILES string of the molecule is CCOC(=O)C1CCCN(C(=O)CN2CCCC2=O)C1. The lowest BCUT2D eigenvalue weighted by Gasteiger charge is -2.32.